The lowest BCUT2D eigenvalue weighted by atomic mass is 10.8. The molecule has 1 rings (SSSR count). The first-order valence-corrected chi connectivity index (χ1v) is 5.90. The van der Waals surface area contributed by atoms with Crippen LogP contribution in [0.25, 0.3) is 0 Å². The maximum atomic E-state index is 11.0. The lowest BCUT2D eigenvalue weighted by Gasteiger charge is -1.99. The first kappa shape index (κ1) is 11.8. The maximum absolute atomic E-state index is 11.0. The van der Waals surface area contributed by atoms with Crippen molar-refractivity contribution in [2.75, 3.05) is 17.7 Å². The van der Waals surface area contributed by atoms with Gasteiger partial charge in [0.15, 0.2) is 4.34 Å². The summed E-state index contributed by atoms with van der Waals surface area (Å²) in [5.74, 6) is 3.01. The van der Waals surface area contributed by atoms with Crippen LogP contribution in [0.4, 0.5) is 9.93 Å². The van der Waals surface area contributed by atoms with Crippen LogP contribution in [-0.2, 0) is 4.74 Å². The molecule has 0 aromatic carbocycles. The number of nitrogens with one attached hydrogen (secondary N) is 1. The van der Waals surface area contributed by atoms with Crippen LogP contribution in [-0.4, -0.2) is 28.7 Å². The van der Waals surface area contributed by atoms with Crippen LogP contribution in [0.2, 0.25) is 0 Å². The van der Waals surface area contributed by atoms with E-state index in [0.29, 0.717) is 17.5 Å². The van der Waals surface area contributed by atoms with E-state index in [-0.39, 0.29) is 0 Å². The highest BCUT2D eigenvalue weighted by molar-refractivity contribution is 8.01. The Labute approximate surface area is 95.6 Å². The molecule has 7 heteroatoms. The summed E-state index contributed by atoms with van der Waals surface area (Å²) in [7, 11) is 0. The molecular formula is C8H9N3O2S2. The van der Waals surface area contributed by atoms with Crippen molar-refractivity contribution in [1.82, 2.24) is 10.2 Å². The van der Waals surface area contributed by atoms with Gasteiger partial charge in [-0.15, -0.1) is 16.6 Å². The molecule has 1 N–H and O–H groups in total. The van der Waals surface area contributed by atoms with Crippen LogP contribution < -0.4 is 5.32 Å². The van der Waals surface area contributed by atoms with E-state index in [0.717, 1.165) is 4.34 Å². The van der Waals surface area contributed by atoms with Crippen molar-refractivity contribution in [2.24, 2.45) is 0 Å². The Balaban J connectivity index is 2.46. The number of ether oxygens (including phenoxy) is 1. The summed E-state index contributed by atoms with van der Waals surface area (Å²) in [4.78, 5) is 11.0. The van der Waals surface area contributed by atoms with Crippen molar-refractivity contribution in [3.8, 4) is 12.3 Å². The molecule has 0 fully saturated rings. The smallest absolute Gasteiger partial charge is 0.413 e. The SMILES string of the molecule is C#CCSc1nnc(NC(=O)OCC)s1. The highest BCUT2D eigenvalue weighted by Gasteiger charge is 2.07. The third-order valence-electron chi connectivity index (χ3n) is 1.17. The Morgan fingerprint density at radius 3 is 3.20 bits per heavy atom. The number of nitrogens with zero attached hydrogens (tertiary/aromatic N) is 2. The van der Waals surface area contributed by atoms with E-state index < -0.39 is 6.09 Å². The number of hydrogen-bond donors (Lipinski definition) is 1. The number of carbonyl (C=O) groups excluding carboxylic acids is 1. The molecule has 0 saturated carbocycles. The predicted octanol–water partition coefficient (Wildman–Crippen LogP) is 1.83. The molecule has 5 nitrogen and oxygen atoms in total. The lowest BCUT2D eigenvalue weighted by molar-refractivity contribution is 0.168. The molecule has 1 aromatic heterocycles. The Morgan fingerprint density at radius 2 is 2.53 bits per heavy atom. The second-order valence-corrected chi connectivity index (χ2v) is 4.41. The van der Waals surface area contributed by atoms with Gasteiger partial charge in [-0.3, -0.25) is 5.32 Å². The number of amides is 1. The zero-order valence-corrected chi connectivity index (χ0v) is 9.65. The van der Waals surface area contributed by atoms with E-state index in [1.54, 1.807) is 6.92 Å². The van der Waals surface area contributed by atoms with Crippen molar-refractivity contribution >= 4 is 34.3 Å². The normalized spacial score (nSPS) is 9.33. The number of aromatic nitrogens is 2. The summed E-state index contributed by atoms with van der Waals surface area (Å²) < 4.78 is 5.41. The van der Waals surface area contributed by atoms with Gasteiger partial charge < -0.3 is 4.74 Å². The van der Waals surface area contributed by atoms with E-state index >= 15 is 0 Å². The van der Waals surface area contributed by atoms with Gasteiger partial charge in [0.05, 0.1) is 12.4 Å². The van der Waals surface area contributed by atoms with Gasteiger partial charge in [0.2, 0.25) is 5.13 Å². The van der Waals surface area contributed by atoms with Crippen molar-refractivity contribution in [3.05, 3.63) is 0 Å². The average molecular weight is 243 g/mol. The summed E-state index contributed by atoms with van der Waals surface area (Å²) >= 11 is 2.66. The monoisotopic (exact) mass is 243 g/mol. The van der Waals surface area contributed by atoms with Crippen LogP contribution in [0.1, 0.15) is 6.92 Å². The predicted molar refractivity (Wildman–Crippen MR) is 60.1 cm³/mol. The largest absolute Gasteiger partial charge is 0.450 e. The van der Waals surface area contributed by atoms with Gasteiger partial charge in [-0.2, -0.15) is 0 Å². The Kier molecular flexibility index (Phi) is 4.93. The molecule has 1 aromatic rings. The van der Waals surface area contributed by atoms with Crippen LogP contribution >= 0.6 is 23.1 Å². The topological polar surface area (TPSA) is 64.1 Å². The van der Waals surface area contributed by atoms with Crippen molar-refractivity contribution in [1.29, 1.82) is 0 Å². The van der Waals surface area contributed by atoms with Crippen LogP contribution in [0.5, 0.6) is 0 Å². The summed E-state index contributed by atoms with van der Waals surface area (Å²) in [5, 5.41) is 10.5. The summed E-state index contributed by atoms with van der Waals surface area (Å²) in [6.45, 7) is 2.05. The molecular weight excluding hydrogens is 234 g/mol. The second kappa shape index (κ2) is 6.27. The van der Waals surface area contributed by atoms with Gasteiger partial charge in [0.25, 0.3) is 0 Å². The Morgan fingerprint density at radius 1 is 1.73 bits per heavy atom. The standard InChI is InChI=1S/C8H9N3O2S2/c1-3-5-14-8-11-10-6(15-8)9-7(12)13-4-2/h1H,4-5H2,2H3,(H,9,10,12). The van der Waals surface area contributed by atoms with Gasteiger partial charge >= 0.3 is 6.09 Å². The van der Waals surface area contributed by atoms with E-state index in [9.17, 15) is 4.79 Å². The molecule has 0 aliphatic rings. The highest BCUT2D eigenvalue weighted by Crippen LogP contribution is 2.24. The number of thioether (sulfide) groups is 1. The molecule has 0 spiro atoms. The molecule has 0 aliphatic carbocycles. The number of carbonyl (C=O) groups is 1. The number of anilines is 1. The zero-order valence-electron chi connectivity index (χ0n) is 8.02. The van der Waals surface area contributed by atoms with Gasteiger partial charge in [0, 0.05) is 0 Å². The minimum Gasteiger partial charge on any atom is -0.450 e. The van der Waals surface area contributed by atoms with Crippen molar-refractivity contribution in [2.45, 2.75) is 11.3 Å². The molecule has 0 bridgehead atoms. The molecule has 0 radical (unpaired) electrons. The number of terminal acetylenes is 1. The summed E-state index contributed by atoms with van der Waals surface area (Å²) in [6.07, 6.45) is 4.57. The molecule has 1 heterocycles. The minimum absolute atomic E-state index is 0.323. The van der Waals surface area contributed by atoms with E-state index in [2.05, 4.69) is 26.2 Å². The number of rotatable bonds is 4. The lowest BCUT2D eigenvalue weighted by Crippen LogP contribution is -2.12. The quantitative estimate of drug-likeness (QED) is 0.496. The fourth-order valence-corrected chi connectivity index (χ4v) is 2.09. The molecule has 0 atom stereocenters. The molecule has 0 aliphatic heterocycles. The number of hydrogen-bond acceptors (Lipinski definition) is 6. The average Bonchev–Trinajstić information content (AvgIpc) is 2.63. The van der Waals surface area contributed by atoms with Crippen molar-refractivity contribution < 1.29 is 9.53 Å². The summed E-state index contributed by atoms with van der Waals surface area (Å²) in [5.41, 5.74) is 0. The molecule has 0 unspecified atom stereocenters. The summed E-state index contributed by atoms with van der Waals surface area (Å²) in [6, 6.07) is 0. The Bertz CT molecular complexity index is 372. The third kappa shape index (κ3) is 4.18. The Hall–Kier alpha value is -1.26. The van der Waals surface area contributed by atoms with Gasteiger partial charge in [-0.05, 0) is 6.92 Å². The first-order chi connectivity index (χ1) is 7.26. The minimum atomic E-state index is -0.526. The second-order valence-electron chi connectivity index (χ2n) is 2.21. The molecule has 1 amide bonds. The highest BCUT2D eigenvalue weighted by atomic mass is 32.2. The molecule has 80 valence electrons. The maximum Gasteiger partial charge on any atom is 0.413 e. The van der Waals surface area contributed by atoms with E-state index in [1.165, 1.54) is 23.1 Å². The van der Waals surface area contributed by atoms with Gasteiger partial charge in [0.1, 0.15) is 0 Å². The van der Waals surface area contributed by atoms with Gasteiger partial charge in [-0.25, -0.2) is 4.79 Å². The zero-order chi connectivity index (χ0) is 11.1. The van der Waals surface area contributed by atoms with E-state index in [4.69, 9.17) is 6.42 Å². The van der Waals surface area contributed by atoms with Crippen LogP contribution in [0.3, 0.4) is 0 Å². The van der Waals surface area contributed by atoms with Crippen LogP contribution in [0, 0.1) is 12.3 Å². The van der Waals surface area contributed by atoms with Crippen LogP contribution in [0.15, 0.2) is 4.34 Å². The third-order valence-corrected chi connectivity index (χ3v) is 3.05. The molecule has 0 saturated heterocycles. The fraction of sp³-hybridized carbons (Fsp3) is 0.375. The van der Waals surface area contributed by atoms with Gasteiger partial charge in [-0.1, -0.05) is 29.0 Å². The molecule has 15 heavy (non-hydrogen) atoms. The fourth-order valence-electron chi connectivity index (χ4n) is 0.677. The van der Waals surface area contributed by atoms with Crippen molar-refractivity contribution in [3.63, 3.8) is 0 Å². The van der Waals surface area contributed by atoms with E-state index in [1.807, 2.05) is 0 Å². The first-order valence-electron chi connectivity index (χ1n) is 4.09.